The fourth-order valence-corrected chi connectivity index (χ4v) is 1.38. The van der Waals surface area contributed by atoms with E-state index >= 15 is 0 Å². The third kappa shape index (κ3) is 2.84. The van der Waals surface area contributed by atoms with Crippen molar-refractivity contribution in [2.75, 3.05) is 20.8 Å². The Morgan fingerprint density at radius 1 is 1.27 bits per heavy atom. The summed E-state index contributed by atoms with van der Waals surface area (Å²) >= 11 is 0. The first-order chi connectivity index (χ1) is 7.22. The van der Waals surface area contributed by atoms with Crippen molar-refractivity contribution in [3.8, 4) is 11.5 Å². The van der Waals surface area contributed by atoms with Gasteiger partial charge in [0, 0.05) is 0 Å². The number of rotatable bonds is 5. The van der Waals surface area contributed by atoms with Crippen LogP contribution in [0.5, 0.6) is 11.5 Å². The molecular weight excluding hydrogens is 194 g/mol. The van der Waals surface area contributed by atoms with E-state index in [4.69, 9.17) is 15.2 Å². The van der Waals surface area contributed by atoms with Gasteiger partial charge in [0.2, 0.25) is 0 Å². The predicted octanol–water partition coefficient (Wildman–Crippen LogP) is 1.09. The Hall–Kier alpha value is -1.26. The van der Waals surface area contributed by atoms with Gasteiger partial charge in [0.25, 0.3) is 0 Å². The zero-order valence-corrected chi connectivity index (χ0v) is 9.06. The van der Waals surface area contributed by atoms with Crippen LogP contribution in [0.2, 0.25) is 0 Å². The fourth-order valence-electron chi connectivity index (χ4n) is 1.38. The van der Waals surface area contributed by atoms with Crippen molar-refractivity contribution in [1.82, 2.24) is 0 Å². The Morgan fingerprint density at radius 3 is 2.47 bits per heavy atom. The minimum Gasteiger partial charge on any atom is -0.493 e. The second-order valence-electron chi connectivity index (χ2n) is 3.21. The zero-order chi connectivity index (χ0) is 11.3. The van der Waals surface area contributed by atoms with Crippen LogP contribution >= 0.6 is 0 Å². The molecule has 84 valence electrons. The van der Waals surface area contributed by atoms with Gasteiger partial charge in [-0.2, -0.15) is 0 Å². The normalized spacial score (nSPS) is 12.3. The summed E-state index contributed by atoms with van der Waals surface area (Å²) in [5, 5.41) is 9.73. The first-order valence-electron chi connectivity index (χ1n) is 4.83. The molecule has 0 aliphatic carbocycles. The van der Waals surface area contributed by atoms with Crippen LogP contribution in [-0.2, 0) is 0 Å². The number of hydrogen-bond acceptors (Lipinski definition) is 4. The molecule has 1 aromatic carbocycles. The van der Waals surface area contributed by atoms with Crippen LogP contribution in [0.4, 0.5) is 0 Å². The number of nitrogens with two attached hydrogens (primary N) is 1. The number of aliphatic hydroxyl groups excluding tert-OH is 1. The van der Waals surface area contributed by atoms with Crippen LogP contribution < -0.4 is 15.2 Å². The lowest BCUT2D eigenvalue weighted by atomic mass is 10.1. The average Bonchev–Trinajstić information content (AvgIpc) is 2.28. The van der Waals surface area contributed by atoms with E-state index in [0.717, 1.165) is 5.56 Å². The highest BCUT2D eigenvalue weighted by molar-refractivity contribution is 5.43. The van der Waals surface area contributed by atoms with Crippen molar-refractivity contribution in [3.05, 3.63) is 23.8 Å². The van der Waals surface area contributed by atoms with Gasteiger partial charge in [0.15, 0.2) is 11.5 Å². The minimum absolute atomic E-state index is 0.454. The van der Waals surface area contributed by atoms with Gasteiger partial charge >= 0.3 is 0 Å². The first-order valence-corrected chi connectivity index (χ1v) is 4.83. The summed E-state index contributed by atoms with van der Waals surface area (Å²) in [6.45, 7) is 0.454. The maximum absolute atomic E-state index is 9.73. The molecule has 0 aliphatic heterocycles. The topological polar surface area (TPSA) is 64.7 Å². The van der Waals surface area contributed by atoms with Crippen LogP contribution in [-0.4, -0.2) is 25.9 Å². The summed E-state index contributed by atoms with van der Waals surface area (Å²) in [4.78, 5) is 0. The summed E-state index contributed by atoms with van der Waals surface area (Å²) in [7, 11) is 3.14. The smallest absolute Gasteiger partial charge is 0.161 e. The largest absolute Gasteiger partial charge is 0.493 e. The van der Waals surface area contributed by atoms with Crippen LogP contribution in [0, 0.1) is 0 Å². The van der Waals surface area contributed by atoms with Crippen molar-refractivity contribution in [2.24, 2.45) is 5.73 Å². The third-order valence-corrected chi connectivity index (χ3v) is 2.23. The van der Waals surface area contributed by atoms with Crippen molar-refractivity contribution < 1.29 is 14.6 Å². The van der Waals surface area contributed by atoms with Gasteiger partial charge in [-0.3, -0.25) is 0 Å². The van der Waals surface area contributed by atoms with Crippen LogP contribution in [0.25, 0.3) is 0 Å². The molecule has 0 bridgehead atoms. The standard InChI is InChI=1S/C11H17NO3/c1-14-10-4-3-8(7-11(10)15-2)9(13)5-6-12/h3-4,7,9,13H,5-6,12H2,1-2H3/t9-/m0/s1. The van der Waals surface area contributed by atoms with Crippen molar-refractivity contribution >= 4 is 0 Å². The number of benzene rings is 1. The molecule has 0 aliphatic rings. The van der Waals surface area contributed by atoms with E-state index in [1.807, 2.05) is 6.07 Å². The molecule has 1 atom stereocenters. The Labute approximate surface area is 89.6 Å². The molecule has 4 heteroatoms. The highest BCUT2D eigenvalue weighted by Crippen LogP contribution is 2.30. The molecular formula is C11H17NO3. The molecule has 3 N–H and O–H groups in total. The Morgan fingerprint density at radius 2 is 1.93 bits per heavy atom. The zero-order valence-electron chi connectivity index (χ0n) is 9.06. The average molecular weight is 211 g/mol. The Bertz CT molecular complexity index is 315. The van der Waals surface area contributed by atoms with Crippen LogP contribution in [0.1, 0.15) is 18.1 Å². The van der Waals surface area contributed by atoms with Crippen molar-refractivity contribution in [1.29, 1.82) is 0 Å². The van der Waals surface area contributed by atoms with Gasteiger partial charge < -0.3 is 20.3 Å². The van der Waals surface area contributed by atoms with E-state index < -0.39 is 6.10 Å². The van der Waals surface area contributed by atoms with E-state index in [9.17, 15) is 5.11 Å². The molecule has 0 spiro atoms. The molecule has 0 unspecified atom stereocenters. The summed E-state index contributed by atoms with van der Waals surface area (Å²) < 4.78 is 10.2. The Kier molecular flexibility index (Phi) is 4.39. The lowest BCUT2D eigenvalue weighted by Crippen LogP contribution is -2.06. The van der Waals surface area contributed by atoms with E-state index in [0.29, 0.717) is 24.5 Å². The molecule has 1 rings (SSSR count). The fraction of sp³-hybridized carbons (Fsp3) is 0.455. The van der Waals surface area contributed by atoms with E-state index in [2.05, 4.69) is 0 Å². The van der Waals surface area contributed by atoms with Crippen LogP contribution in [0.15, 0.2) is 18.2 Å². The molecule has 0 heterocycles. The van der Waals surface area contributed by atoms with Gasteiger partial charge in [0.05, 0.1) is 20.3 Å². The van der Waals surface area contributed by atoms with E-state index in [1.165, 1.54) is 0 Å². The third-order valence-electron chi connectivity index (χ3n) is 2.23. The quantitative estimate of drug-likeness (QED) is 0.765. The monoisotopic (exact) mass is 211 g/mol. The summed E-state index contributed by atoms with van der Waals surface area (Å²) in [6, 6.07) is 5.34. The maximum Gasteiger partial charge on any atom is 0.161 e. The van der Waals surface area contributed by atoms with Crippen molar-refractivity contribution in [3.63, 3.8) is 0 Å². The Balaban J connectivity index is 2.92. The summed E-state index contributed by atoms with van der Waals surface area (Å²) in [6.07, 6.45) is -0.00929. The molecule has 1 aromatic rings. The predicted molar refractivity (Wildman–Crippen MR) is 58.2 cm³/mol. The molecule has 0 amide bonds. The highest BCUT2D eigenvalue weighted by Gasteiger charge is 2.10. The SMILES string of the molecule is COc1ccc([C@@H](O)CCN)cc1OC. The molecule has 0 saturated carbocycles. The van der Waals surface area contributed by atoms with Gasteiger partial charge in [-0.05, 0) is 30.7 Å². The summed E-state index contributed by atoms with van der Waals surface area (Å²) in [5.41, 5.74) is 6.17. The van der Waals surface area contributed by atoms with Crippen molar-refractivity contribution in [2.45, 2.75) is 12.5 Å². The highest BCUT2D eigenvalue weighted by atomic mass is 16.5. The molecule has 0 fully saturated rings. The van der Waals surface area contributed by atoms with Gasteiger partial charge in [-0.15, -0.1) is 0 Å². The van der Waals surface area contributed by atoms with Crippen LogP contribution in [0.3, 0.4) is 0 Å². The van der Waals surface area contributed by atoms with Gasteiger partial charge in [-0.25, -0.2) is 0 Å². The van der Waals surface area contributed by atoms with E-state index in [1.54, 1.807) is 26.4 Å². The first kappa shape index (κ1) is 11.8. The summed E-state index contributed by atoms with van der Waals surface area (Å²) in [5.74, 6) is 1.27. The second kappa shape index (κ2) is 5.58. The van der Waals surface area contributed by atoms with Gasteiger partial charge in [-0.1, -0.05) is 6.07 Å². The maximum atomic E-state index is 9.73. The van der Waals surface area contributed by atoms with E-state index in [-0.39, 0.29) is 0 Å². The number of ether oxygens (including phenoxy) is 2. The minimum atomic E-state index is -0.546. The lowest BCUT2D eigenvalue weighted by molar-refractivity contribution is 0.170. The van der Waals surface area contributed by atoms with Gasteiger partial charge in [0.1, 0.15) is 0 Å². The molecule has 0 saturated heterocycles. The number of hydrogen-bond donors (Lipinski definition) is 2. The second-order valence-corrected chi connectivity index (χ2v) is 3.21. The molecule has 4 nitrogen and oxygen atoms in total. The lowest BCUT2D eigenvalue weighted by Gasteiger charge is -2.13. The number of methoxy groups -OCH3 is 2. The molecule has 15 heavy (non-hydrogen) atoms. The number of aliphatic hydroxyl groups is 1. The molecule has 0 aromatic heterocycles. The molecule has 0 radical (unpaired) electrons.